The van der Waals surface area contributed by atoms with Crippen molar-refractivity contribution < 1.29 is 27.2 Å². The summed E-state index contributed by atoms with van der Waals surface area (Å²) in [5.74, 6) is 0.824. The number of sulfonamides is 1. The number of aromatic nitrogens is 1. The van der Waals surface area contributed by atoms with Gasteiger partial charge in [-0.25, -0.2) is 12.7 Å². The van der Waals surface area contributed by atoms with Gasteiger partial charge >= 0.3 is 0 Å². The first kappa shape index (κ1) is 22.8. The van der Waals surface area contributed by atoms with Gasteiger partial charge in [-0.1, -0.05) is 35.0 Å². The van der Waals surface area contributed by atoms with Crippen LogP contribution in [0.4, 0.5) is 5.88 Å². The predicted octanol–water partition coefficient (Wildman–Crippen LogP) is 4.21. The molecule has 2 aromatic carbocycles. The van der Waals surface area contributed by atoms with Crippen molar-refractivity contribution in [2.24, 2.45) is 0 Å². The molecule has 0 N–H and O–H groups in total. The van der Waals surface area contributed by atoms with Crippen molar-refractivity contribution in [2.45, 2.75) is 25.7 Å². The van der Waals surface area contributed by atoms with Crippen molar-refractivity contribution in [2.75, 3.05) is 31.4 Å². The number of hydrogen-bond acceptors (Lipinski definition) is 7. The minimum absolute atomic E-state index is 0.0145. The minimum atomic E-state index is -4.10. The molecule has 1 heterocycles. The number of ether oxygens (including phenoxy) is 3. The van der Waals surface area contributed by atoms with Crippen molar-refractivity contribution in [3.8, 4) is 11.5 Å². The lowest BCUT2D eigenvalue weighted by Crippen LogP contribution is -2.34. The van der Waals surface area contributed by atoms with Crippen molar-refractivity contribution in [1.29, 1.82) is 0 Å². The highest BCUT2D eigenvalue weighted by Crippen LogP contribution is 2.34. The van der Waals surface area contributed by atoms with Crippen molar-refractivity contribution in [1.82, 2.24) is 5.16 Å². The molecule has 3 aromatic rings. The van der Waals surface area contributed by atoms with Crippen LogP contribution < -0.4 is 9.04 Å². The number of rotatable bonds is 10. The van der Waals surface area contributed by atoms with Gasteiger partial charge in [-0.05, 0) is 45.0 Å². The molecule has 0 saturated heterocycles. The largest absolute Gasteiger partial charge is 0.456 e. The molecule has 9 heteroatoms. The minimum Gasteiger partial charge on any atom is -0.456 e. The second-order valence-corrected chi connectivity index (χ2v) is 8.77. The van der Waals surface area contributed by atoms with Crippen LogP contribution in [-0.2, 0) is 19.5 Å². The Morgan fingerprint density at radius 1 is 1.00 bits per heavy atom. The predicted molar refractivity (Wildman–Crippen MR) is 116 cm³/mol. The van der Waals surface area contributed by atoms with Gasteiger partial charge in [-0.2, -0.15) is 0 Å². The van der Waals surface area contributed by atoms with Crippen LogP contribution in [-0.4, -0.2) is 40.6 Å². The van der Waals surface area contributed by atoms with Crippen molar-refractivity contribution in [3.05, 3.63) is 65.4 Å². The zero-order chi connectivity index (χ0) is 22.4. The molecule has 8 nitrogen and oxygen atoms in total. The maximum atomic E-state index is 13.7. The summed E-state index contributed by atoms with van der Waals surface area (Å²) in [6, 6.07) is 13.8. The van der Waals surface area contributed by atoms with E-state index in [0.717, 1.165) is 9.87 Å². The van der Waals surface area contributed by atoms with Gasteiger partial charge < -0.3 is 18.7 Å². The Balaban J connectivity index is 1.99. The van der Waals surface area contributed by atoms with Crippen LogP contribution in [0.25, 0.3) is 0 Å². The third kappa shape index (κ3) is 5.25. The van der Waals surface area contributed by atoms with Crippen LogP contribution in [0.2, 0.25) is 0 Å². The van der Waals surface area contributed by atoms with Crippen LogP contribution in [0, 0.1) is 20.8 Å². The summed E-state index contributed by atoms with van der Waals surface area (Å²) in [5, 5.41) is 3.89. The molecule has 0 atom stereocenters. The highest BCUT2D eigenvalue weighted by Gasteiger charge is 2.32. The highest BCUT2D eigenvalue weighted by atomic mass is 32.2. The summed E-state index contributed by atoms with van der Waals surface area (Å²) in [6.45, 7) is 5.73. The van der Waals surface area contributed by atoms with Gasteiger partial charge in [0, 0.05) is 12.7 Å². The van der Waals surface area contributed by atoms with Gasteiger partial charge in [0.1, 0.15) is 23.1 Å². The van der Waals surface area contributed by atoms with Crippen LogP contribution in [0.1, 0.15) is 16.8 Å². The van der Waals surface area contributed by atoms with Crippen molar-refractivity contribution >= 4 is 15.9 Å². The molecule has 0 unspecified atom stereocenters. The number of hydrogen-bond donors (Lipinski definition) is 0. The average molecular weight is 447 g/mol. The van der Waals surface area contributed by atoms with E-state index in [0.29, 0.717) is 23.6 Å². The number of nitrogens with zero attached hydrogens (tertiary/aromatic N) is 2. The second-order valence-electron chi connectivity index (χ2n) is 6.94. The van der Waals surface area contributed by atoms with E-state index in [4.69, 9.17) is 18.7 Å². The Bertz CT molecular complexity index is 1110. The maximum absolute atomic E-state index is 13.7. The molecule has 0 fully saturated rings. The van der Waals surface area contributed by atoms with E-state index in [1.54, 1.807) is 51.3 Å². The first-order valence-corrected chi connectivity index (χ1v) is 11.1. The summed E-state index contributed by atoms with van der Waals surface area (Å²) < 4.78 is 50.1. The smallest absolute Gasteiger partial charge is 0.272 e. The lowest BCUT2D eigenvalue weighted by Gasteiger charge is -2.23. The first-order chi connectivity index (χ1) is 14.8. The van der Waals surface area contributed by atoms with Gasteiger partial charge in [0.05, 0.1) is 18.9 Å². The molecule has 0 aliphatic rings. The summed E-state index contributed by atoms with van der Waals surface area (Å²) in [4.78, 5) is -0.0145. The first-order valence-electron chi connectivity index (χ1n) is 9.70. The van der Waals surface area contributed by atoms with Gasteiger partial charge in [-0.15, -0.1) is 0 Å². The van der Waals surface area contributed by atoms with Gasteiger partial charge in [-0.3, -0.25) is 0 Å². The SMILES string of the molecule is COCCOCN(c1onc(C)c1C)S(=O)(=O)c1ccccc1Oc1ccc(C)cc1. The molecule has 0 amide bonds. The van der Waals surface area contributed by atoms with E-state index in [2.05, 4.69) is 5.16 Å². The maximum Gasteiger partial charge on any atom is 0.272 e. The number of anilines is 1. The fourth-order valence-corrected chi connectivity index (χ4v) is 4.22. The highest BCUT2D eigenvalue weighted by molar-refractivity contribution is 7.93. The van der Waals surface area contributed by atoms with E-state index in [-0.39, 0.29) is 29.9 Å². The Morgan fingerprint density at radius 3 is 2.35 bits per heavy atom. The summed E-state index contributed by atoms with van der Waals surface area (Å²) in [7, 11) is -2.56. The number of methoxy groups -OCH3 is 1. The Kier molecular flexibility index (Phi) is 7.32. The molecular weight excluding hydrogens is 420 g/mol. The lowest BCUT2D eigenvalue weighted by molar-refractivity contribution is 0.0744. The standard InChI is InChI=1S/C22H26N2O6S/c1-16-9-11-19(12-10-16)29-20-7-5-6-8-21(20)31(25,26)24(15-28-14-13-27-4)22-17(2)18(3)23-30-22/h5-12H,13-15H2,1-4H3. The molecule has 3 rings (SSSR count). The van der Waals surface area contributed by atoms with Gasteiger partial charge in [0.15, 0.2) is 0 Å². The number of aryl methyl sites for hydroxylation is 2. The van der Waals surface area contributed by atoms with E-state index in [9.17, 15) is 8.42 Å². The quantitative estimate of drug-likeness (QED) is 0.340. The molecule has 0 saturated carbocycles. The molecule has 0 radical (unpaired) electrons. The molecule has 31 heavy (non-hydrogen) atoms. The average Bonchev–Trinajstić information content (AvgIpc) is 3.08. The van der Waals surface area contributed by atoms with Crippen LogP contribution in [0.15, 0.2) is 57.9 Å². The molecule has 0 spiro atoms. The number of para-hydroxylation sites is 1. The molecule has 166 valence electrons. The van der Waals surface area contributed by atoms with Gasteiger partial charge in [0.25, 0.3) is 10.0 Å². The summed E-state index contributed by atoms with van der Waals surface area (Å²) in [6.07, 6.45) is 0. The van der Waals surface area contributed by atoms with E-state index in [1.165, 1.54) is 6.07 Å². The third-order valence-corrected chi connectivity index (χ3v) is 6.41. The van der Waals surface area contributed by atoms with Crippen LogP contribution >= 0.6 is 0 Å². The Labute approximate surface area is 182 Å². The molecule has 0 aliphatic heterocycles. The van der Waals surface area contributed by atoms with Crippen molar-refractivity contribution in [3.63, 3.8) is 0 Å². The van der Waals surface area contributed by atoms with Crippen LogP contribution in [0.3, 0.4) is 0 Å². The summed E-state index contributed by atoms with van der Waals surface area (Å²) >= 11 is 0. The zero-order valence-corrected chi connectivity index (χ0v) is 18.8. The number of benzene rings is 2. The fraction of sp³-hybridized carbons (Fsp3) is 0.318. The third-order valence-electron chi connectivity index (χ3n) is 4.67. The molecule has 0 aliphatic carbocycles. The zero-order valence-electron chi connectivity index (χ0n) is 18.0. The van der Waals surface area contributed by atoms with E-state index in [1.807, 2.05) is 19.1 Å². The molecular formula is C22H26N2O6S. The Hall–Kier alpha value is -2.88. The molecule has 0 bridgehead atoms. The normalized spacial score (nSPS) is 11.5. The lowest BCUT2D eigenvalue weighted by atomic mass is 10.2. The van der Waals surface area contributed by atoms with E-state index >= 15 is 0 Å². The second kappa shape index (κ2) is 9.95. The summed E-state index contributed by atoms with van der Waals surface area (Å²) in [5.41, 5.74) is 2.27. The van der Waals surface area contributed by atoms with Crippen LogP contribution in [0.5, 0.6) is 11.5 Å². The van der Waals surface area contributed by atoms with Gasteiger partial charge in [0.2, 0.25) is 5.88 Å². The van der Waals surface area contributed by atoms with E-state index < -0.39 is 10.0 Å². The monoisotopic (exact) mass is 446 g/mol. The fourth-order valence-electron chi connectivity index (χ4n) is 2.76. The Morgan fingerprint density at radius 2 is 1.71 bits per heavy atom. The molecule has 1 aromatic heterocycles. The topological polar surface area (TPSA) is 91.1 Å².